The molecule has 29 heavy (non-hydrogen) atoms. The number of benzene rings is 1. The van der Waals surface area contributed by atoms with Crippen LogP contribution < -0.4 is 5.32 Å². The molecule has 1 aromatic heterocycles. The van der Waals surface area contributed by atoms with Gasteiger partial charge in [-0.25, -0.2) is 0 Å². The lowest BCUT2D eigenvalue weighted by Crippen LogP contribution is -2.45. The van der Waals surface area contributed by atoms with Crippen LogP contribution in [0, 0.1) is 13.8 Å². The van der Waals surface area contributed by atoms with Crippen LogP contribution in [0.4, 0.5) is 5.69 Å². The average molecular weight is 428 g/mol. The molecule has 0 aliphatic carbocycles. The first-order valence-electron chi connectivity index (χ1n) is 10.3. The Hall–Kier alpha value is -1.60. The Balaban J connectivity index is 1.35. The average Bonchev–Trinajstić information content (AvgIpc) is 3.03. The summed E-state index contributed by atoms with van der Waals surface area (Å²) in [7, 11) is 0. The summed E-state index contributed by atoms with van der Waals surface area (Å²) in [4.78, 5) is 21.1. The summed E-state index contributed by atoms with van der Waals surface area (Å²) in [5.41, 5.74) is 4.92. The molecule has 2 aromatic rings. The molecule has 1 fully saturated rings. The van der Waals surface area contributed by atoms with Crippen LogP contribution in [0.2, 0.25) is 0 Å². The van der Waals surface area contributed by atoms with Gasteiger partial charge < -0.3 is 10.2 Å². The van der Waals surface area contributed by atoms with E-state index in [-0.39, 0.29) is 5.91 Å². The zero-order chi connectivity index (χ0) is 20.4. The Bertz CT molecular complexity index is 909. The molecule has 4 rings (SSSR count). The van der Waals surface area contributed by atoms with Gasteiger partial charge in [0.1, 0.15) is 0 Å². The minimum atomic E-state index is -0.00667. The van der Waals surface area contributed by atoms with E-state index in [1.807, 2.05) is 18.2 Å². The fraction of sp³-hybridized carbons (Fsp3) is 0.435. The van der Waals surface area contributed by atoms with Crippen molar-refractivity contribution >= 4 is 40.8 Å². The van der Waals surface area contributed by atoms with Crippen LogP contribution in [-0.4, -0.2) is 48.4 Å². The maximum Gasteiger partial charge on any atom is 0.262 e. The van der Waals surface area contributed by atoms with Crippen molar-refractivity contribution in [1.82, 2.24) is 9.80 Å². The third-order valence-electron chi connectivity index (χ3n) is 5.93. The van der Waals surface area contributed by atoms with E-state index in [0.29, 0.717) is 0 Å². The molecule has 154 valence electrons. The van der Waals surface area contributed by atoms with Crippen LogP contribution >= 0.6 is 23.1 Å². The predicted octanol–water partition coefficient (Wildman–Crippen LogP) is 4.73. The molecule has 1 aromatic carbocycles. The number of aryl methyl sites for hydroxylation is 1. The van der Waals surface area contributed by atoms with E-state index in [1.54, 1.807) is 23.1 Å². The summed E-state index contributed by atoms with van der Waals surface area (Å²) in [5.74, 6) is 0.877. The van der Waals surface area contributed by atoms with Crippen molar-refractivity contribution in [3.8, 4) is 0 Å². The third-order valence-corrected chi connectivity index (χ3v) is 8.17. The molecule has 0 saturated carbocycles. The Morgan fingerprint density at radius 1 is 1.07 bits per heavy atom. The van der Waals surface area contributed by atoms with Crippen LogP contribution in [-0.2, 0) is 17.1 Å². The number of piperazine rings is 1. The van der Waals surface area contributed by atoms with E-state index in [9.17, 15) is 4.79 Å². The molecule has 0 atom stereocenters. The highest BCUT2D eigenvalue weighted by Gasteiger charge is 2.21. The monoisotopic (exact) mass is 427 g/mol. The van der Waals surface area contributed by atoms with Crippen molar-refractivity contribution in [2.75, 3.05) is 38.0 Å². The molecule has 0 unspecified atom stereocenters. The molecule has 1 N–H and O–H groups in total. The van der Waals surface area contributed by atoms with Gasteiger partial charge in [-0.15, -0.1) is 23.1 Å². The summed E-state index contributed by atoms with van der Waals surface area (Å²) in [5, 5.41) is 3.06. The smallest absolute Gasteiger partial charge is 0.262 e. The first kappa shape index (κ1) is 20.7. The van der Waals surface area contributed by atoms with Gasteiger partial charge in [-0.2, -0.15) is 0 Å². The van der Waals surface area contributed by atoms with Crippen LogP contribution in [0.1, 0.15) is 33.4 Å². The fourth-order valence-electron chi connectivity index (χ4n) is 3.85. The number of nitrogens with one attached hydrogen (secondary N) is 1. The van der Waals surface area contributed by atoms with Gasteiger partial charge in [0.05, 0.1) is 4.91 Å². The molecule has 2 aliphatic heterocycles. The number of fused-ring (bicyclic) bond motifs is 1. The predicted molar refractivity (Wildman–Crippen MR) is 126 cm³/mol. The Morgan fingerprint density at radius 3 is 2.45 bits per heavy atom. The topological polar surface area (TPSA) is 35.6 Å². The van der Waals surface area contributed by atoms with Gasteiger partial charge in [0, 0.05) is 53.9 Å². The minimum Gasteiger partial charge on any atom is -0.322 e. The second-order valence-electron chi connectivity index (χ2n) is 7.78. The number of hydrogen-bond donors (Lipinski definition) is 1. The lowest BCUT2D eigenvalue weighted by atomic mass is 10.1. The van der Waals surface area contributed by atoms with Gasteiger partial charge in [-0.05, 0) is 55.3 Å². The van der Waals surface area contributed by atoms with Crippen molar-refractivity contribution < 1.29 is 4.79 Å². The lowest BCUT2D eigenvalue weighted by Gasteiger charge is -2.34. The van der Waals surface area contributed by atoms with Crippen LogP contribution in [0.25, 0.3) is 6.08 Å². The van der Waals surface area contributed by atoms with Gasteiger partial charge in [0.2, 0.25) is 0 Å². The zero-order valence-electron chi connectivity index (χ0n) is 17.5. The maximum atomic E-state index is 12.7. The number of rotatable bonds is 5. The lowest BCUT2D eigenvalue weighted by molar-refractivity contribution is -0.112. The molecule has 0 spiro atoms. The molecule has 0 radical (unpaired) electrons. The highest BCUT2D eigenvalue weighted by Crippen LogP contribution is 2.39. The second-order valence-corrected chi connectivity index (χ2v) is 10.1. The molecular weight excluding hydrogens is 398 g/mol. The number of thiophene rings is 1. The number of likely N-dealkylation sites (N-methyl/N-ethyl adjacent to an activating group) is 1. The Labute approximate surface area is 182 Å². The number of carbonyl (C=O) groups excluding carboxylic acids is 1. The molecule has 6 heteroatoms. The van der Waals surface area contributed by atoms with Crippen molar-refractivity contribution in [2.45, 2.75) is 33.1 Å². The van der Waals surface area contributed by atoms with E-state index in [4.69, 9.17) is 0 Å². The van der Waals surface area contributed by atoms with Gasteiger partial charge in [-0.1, -0.05) is 19.1 Å². The molecule has 0 bridgehead atoms. The standard InChI is InChI=1S/C23H29N3OS2/c1-4-25-9-11-26(12-10-25)14-18-5-7-19(8-6-18)24-23(27)22-13-21-20(15-28-22)16(2)17(3)29-21/h5-8,13H,4,9-12,14-15H2,1-3H3,(H,24,27). The Kier molecular flexibility index (Phi) is 6.44. The molecular formula is C23H29N3OS2. The summed E-state index contributed by atoms with van der Waals surface area (Å²) < 4.78 is 0. The van der Waals surface area contributed by atoms with Crippen molar-refractivity contribution in [3.05, 3.63) is 55.6 Å². The number of thioether (sulfide) groups is 1. The van der Waals surface area contributed by atoms with Gasteiger partial charge in [0.25, 0.3) is 5.91 Å². The number of anilines is 1. The van der Waals surface area contributed by atoms with Crippen molar-refractivity contribution in [2.24, 2.45) is 0 Å². The van der Waals surface area contributed by atoms with E-state index in [2.05, 4.69) is 48.0 Å². The minimum absolute atomic E-state index is 0.00667. The van der Waals surface area contributed by atoms with Crippen LogP contribution in [0.5, 0.6) is 0 Å². The van der Waals surface area contributed by atoms with Gasteiger partial charge in [-0.3, -0.25) is 9.69 Å². The Morgan fingerprint density at radius 2 is 1.76 bits per heavy atom. The van der Waals surface area contributed by atoms with Crippen molar-refractivity contribution in [3.63, 3.8) is 0 Å². The van der Waals surface area contributed by atoms with Gasteiger partial charge in [0.15, 0.2) is 0 Å². The summed E-state index contributed by atoms with van der Waals surface area (Å²) in [6.45, 7) is 13.2. The quantitative estimate of drug-likeness (QED) is 0.748. The summed E-state index contributed by atoms with van der Waals surface area (Å²) in [6, 6.07) is 8.31. The van der Waals surface area contributed by atoms with E-state index in [1.165, 1.54) is 26.4 Å². The molecule has 3 heterocycles. The number of hydrogen-bond acceptors (Lipinski definition) is 5. The molecule has 4 nitrogen and oxygen atoms in total. The summed E-state index contributed by atoms with van der Waals surface area (Å²) >= 11 is 3.42. The van der Waals surface area contributed by atoms with Crippen LogP contribution in [0.15, 0.2) is 29.2 Å². The number of carbonyl (C=O) groups is 1. The molecule has 1 saturated heterocycles. The first-order valence-corrected chi connectivity index (χ1v) is 12.1. The van der Waals surface area contributed by atoms with Gasteiger partial charge >= 0.3 is 0 Å². The molecule has 1 amide bonds. The SMILES string of the molecule is CCN1CCN(Cc2ccc(NC(=O)C3=Cc4sc(C)c(C)c4CS3)cc2)CC1. The zero-order valence-corrected chi connectivity index (χ0v) is 19.1. The fourth-order valence-corrected chi connectivity index (χ4v) is 6.20. The second kappa shape index (κ2) is 9.04. The highest BCUT2D eigenvalue weighted by molar-refractivity contribution is 8.03. The first-order chi connectivity index (χ1) is 14.0. The van der Waals surface area contributed by atoms with E-state index < -0.39 is 0 Å². The van der Waals surface area contributed by atoms with E-state index >= 15 is 0 Å². The number of amides is 1. The summed E-state index contributed by atoms with van der Waals surface area (Å²) in [6.07, 6.45) is 2.05. The largest absolute Gasteiger partial charge is 0.322 e. The normalized spacial score (nSPS) is 17.7. The third kappa shape index (κ3) is 4.77. The maximum absolute atomic E-state index is 12.7. The number of nitrogens with zero attached hydrogens (tertiary/aromatic N) is 2. The van der Waals surface area contributed by atoms with Crippen LogP contribution in [0.3, 0.4) is 0 Å². The molecule has 2 aliphatic rings. The van der Waals surface area contributed by atoms with Crippen molar-refractivity contribution in [1.29, 1.82) is 0 Å². The highest BCUT2D eigenvalue weighted by atomic mass is 32.2. The van der Waals surface area contributed by atoms with E-state index in [0.717, 1.165) is 55.6 Å².